The monoisotopic (exact) mass is 411 g/mol. The SMILES string of the molecule is CN(C)S(=O)(=O)c1ccc2nnn(OCC(=O)Nc3ccc(F)c(F)c3)c2c1. The van der Waals surface area contributed by atoms with Crippen LogP contribution in [0.1, 0.15) is 0 Å². The van der Waals surface area contributed by atoms with Crippen molar-refractivity contribution in [2.24, 2.45) is 0 Å². The van der Waals surface area contributed by atoms with Crippen LogP contribution in [0.2, 0.25) is 0 Å². The number of nitrogens with one attached hydrogen (secondary N) is 1. The minimum absolute atomic E-state index is 0.00314. The number of amides is 1. The summed E-state index contributed by atoms with van der Waals surface area (Å²) in [5.74, 6) is -2.80. The zero-order chi connectivity index (χ0) is 20.5. The topological polar surface area (TPSA) is 106 Å². The van der Waals surface area contributed by atoms with Gasteiger partial charge in [-0.3, -0.25) is 4.79 Å². The lowest BCUT2D eigenvalue weighted by Gasteiger charge is -2.11. The molecule has 1 amide bonds. The predicted octanol–water partition coefficient (Wildman–Crippen LogP) is 1.03. The van der Waals surface area contributed by atoms with Gasteiger partial charge in [-0.15, -0.1) is 5.10 Å². The van der Waals surface area contributed by atoms with Crippen LogP contribution in [0, 0.1) is 11.6 Å². The van der Waals surface area contributed by atoms with Gasteiger partial charge in [-0.25, -0.2) is 21.5 Å². The molecular formula is C16H15F2N5O4S. The van der Waals surface area contributed by atoms with E-state index in [1.807, 2.05) is 0 Å². The molecule has 148 valence electrons. The third-order valence-electron chi connectivity index (χ3n) is 3.69. The van der Waals surface area contributed by atoms with Crippen molar-refractivity contribution in [3.05, 3.63) is 48.0 Å². The molecule has 9 nitrogen and oxygen atoms in total. The van der Waals surface area contributed by atoms with Crippen LogP contribution in [0.5, 0.6) is 0 Å². The average Bonchev–Trinajstić information content (AvgIpc) is 3.05. The molecule has 0 aliphatic rings. The molecule has 0 atom stereocenters. The van der Waals surface area contributed by atoms with Crippen molar-refractivity contribution in [3.8, 4) is 0 Å². The van der Waals surface area contributed by atoms with Crippen LogP contribution in [0.3, 0.4) is 0 Å². The summed E-state index contributed by atoms with van der Waals surface area (Å²) in [5.41, 5.74) is 0.651. The van der Waals surface area contributed by atoms with Gasteiger partial charge in [-0.05, 0) is 35.5 Å². The lowest BCUT2D eigenvalue weighted by molar-refractivity contribution is -0.121. The van der Waals surface area contributed by atoms with Crippen molar-refractivity contribution >= 4 is 32.7 Å². The summed E-state index contributed by atoms with van der Waals surface area (Å²) >= 11 is 0. The number of fused-ring (bicyclic) bond motifs is 1. The van der Waals surface area contributed by atoms with Gasteiger partial charge < -0.3 is 10.2 Å². The van der Waals surface area contributed by atoms with Gasteiger partial charge in [-0.2, -0.15) is 0 Å². The van der Waals surface area contributed by atoms with E-state index in [4.69, 9.17) is 4.84 Å². The number of anilines is 1. The second-order valence-corrected chi connectivity index (χ2v) is 8.00. The summed E-state index contributed by atoms with van der Waals surface area (Å²) in [4.78, 5) is 18.1. The number of hydrogen-bond donors (Lipinski definition) is 1. The maximum absolute atomic E-state index is 13.2. The zero-order valence-electron chi connectivity index (χ0n) is 14.8. The van der Waals surface area contributed by atoms with E-state index in [9.17, 15) is 22.0 Å². The quantitative estimate of drug-likeness (QED) is 0.649. The van der Waals surface area contributed by atoms with Crippen molar-refractivity contribution in [1.29, 1.82) is 0 Å². The summed E-state index contributed by atoms with van der Waals surface area (Å²) in [6.07, 6.45) is 0. The van der Waals surface area contributed by atoms with E-state index < -0.39 is 34.2 Å². The van der Waals surface area contributed by atoms with Crippen molar-refractivity contribution in [2.45, 2.75) is 4.90 Å². The standard InChI is InChI=1S/C16H15F2N5O4S/c1-22(2)28(25,26)11-4-6-14-15(8-11)23(21-20-14)27-9-16(24)19-10-3-5-12(17)13(18)7-10/h3-8H,9H2,1-2H3,(H,19,24). The Morgan fingerprint density at radius 2 is 1.93 bits per heavy atom. The second kappa shape index (κ2) is 7.48. The van der Waals surface area contributed by atoms with Crippen LogP contribution in [-0.4, -0.2) is 54.5 Å². The van der Waals surface area contributed by atoms with E-state index in [0.29, 0.717) is 5.52 Å². The molecule has 0 fully saturated rings. The molecule has 0 radical (unpaired) electrons. The molecule has 1 N–H and O–H groups in total. The number of halogens is 2. The van der Waals surface area contributed by atoms with Crippen molar-refractivity contribution in [2.75, 3.05) is 26.0 Å². The molecule has 28 heavy (non-hydrogen) atoms. The number of hydrogen-bond acceptors (Lipinski definition) is 6. The molecule has 0 aliphatic heterocycles. The first-order chi connectivity index (χ1) is 13.2. The Morgan fingerprint density at radius 1 is 1.18 bits per heavy atom. The number of sulfonamides is 1. The number of rotatable bonds is 6. The minimum atomic E-state index is -3.68. The fourth-order valence-electron chi connectivity index (χ4n) is 2.24. The highest BCUT2D eigenvalue weighted by Gasteiger charge is 2.19. The molecule has 0 aliphatic carbocycles. The molecule has 0 saturated carbocycles. The van der Waals surface area contributed by atoms with Gasteiger partial charge in [0.2, 0.25) is 10.0 Å². The van der Waals surface area contributed by atoms with E-state index in [1.54, 1.807) is 0 Å². The second-order valence-electron chi connectivity index (χ2n) is 5.85. The van der Waals surface area contributed by atoms with Crippen molar-refractivity contribution < 1.29 is 26.8 Å². The van der Waals surface area contributed by atoms with Gasteiger partial charge in [0.1, 0.15) is 11.0 Å². The fraction of sp³-hybridized carbons (Fsp3) is 0.188. The van der Waals surface area contributed by atoms with Crippen LogP contribution in [0.4, 0.5) is 14.5 Å². The summed E-state index contributed by atoms with van der Waals surface area (Å²) < 4.78 is 51.6. The molecule has 0 saturated heterocycles. The number of carbonyl (C=O) groups is 1. The summed E-state index contributed by atoms with van der Waals surface area (Å²) in [6, 6.07) is 7.06. The largest absolute Gasteiger partial charge is 0.385 e. The van der Waals surface area contributed by atoms with Crippen LogP contribution < -0.4 is 10.2 Å². The van der Waals surface area contributed by atoms with Crippen molar-refractivity contribution in [1.82, 2.24) is 19.5 Å². The normalized spacial score (nSPS) is 11.8. The van der Waals surface area contributed by atoms with Crippen molar-refractivity contribution in [3.63, 3.8) is 0 Å². The van der Waals surface area contributed by atoms with E-state index in [1.165, 1.54) is 38.4 Å². The molecule has 3 rings (SSSR count). The van der Waals surface area contributed by atoms with E-state index in [2.05, 4.69) is 15.6 Å². The molecular weight excluding hydrogens is 396 g/mol. The maximum atomic E-state index is 13.2. The first kappa shape index (κ1) is 19.6. The third kappa shape index (κ3) is 3.92. The van der Waals surface area contributed by atoms with Crippen LogP contribution in [-0.2, 0) is 14.8 Å². The number of nitrogens with zero attached hydrogens (tertiary/aromatic N) is 4. The number of benzene rings is 2. The van der Waals surface area contributed by atoms with E-state index in [-0.39, 0.29) is 16.1 Å². The van der Waals surface area contributed by atoms with Gasteiger partial charge in [0.15, 0.2) is 18.2 Å². The summed E-state index contributed by atoms with van der Waals surface area (Å²) in [5, 5.41) is 9.88. The lowest BCUT2D eigenvalue weighted by atomic mass is 10.3. The molecule has 1 aromatic heterocycles. The van der Waals surface area contributed by atoms with Crippen LogP contribution in [0.15, 0.2) is 41.3 Å². The smallest absolute Gasteiger partial charge is 0.265 e. The first-order valence-electron chi connectivity index (χ1n) is 7.84. The van der Waals surface area contributed by atoms with Crippen LogP contribution in [0.25, 0.3) is 11.0 Å². The number of aromatic nitrogens is 3. The Bertz CT molecular complexity index is 1150. The number of carbonyl (C=O) groups excluding carboxylic acids is 1. The van der Waals surface area contributed by atoms with Gasteiger partial charge in [0, 0.05) is 25.8 Å². The molecule has 0 bridgehead atoms. The first-order valence-corrected chi connectivity index (χ1v) is 9.28. The molecule has 0 spiro atoms. The third-order valence-corrected chi connectivity index (χ3v) is 5.50. The summed E-state index contributed by atoms with van der Waals surface area (Å²) in [7, 11) is -0.885. The molecule has 3 aromatic rings. The Morgan fingerprint density at radius 3 is 2.61 bits per heavy atom. The fourth-order valence-corrected chi connectivity index (χ4v) is 3.16. The molecule has 2 aromatic carbocycles. The highest BCUT2D eigenvalue weighted by atomic mass is 32.2. The average molecular weight is 411 g/mol. The molecule has 1 heterocycles. The van der Waals surface area contributed by atoms with Gasteiger partial charge >= 0.3 is 0 Å². The Balaban J connectivity index is 1.75. The minimum Gasteiger partial charge on any atom is -0.385 e. The van der Waals surface area contributed by atoms with Gasteiger partial charge in [-0.1, -0.05) is 4.85 Å². The predicted molar refractivity (Wildman–Crippen MR) is 94.8 cm³/mol. The highest BCUT2D eigenvalue weighted by Crippen LogP contribution is 2.19. The Kier molecular flexibility index (Phi) is 5.25. The summed E-state index contributed by atoms with van der Waals surface area (Å²) in [6.45, 7) is -0.526. The Labute approximate surface area is 158 Å². The van der Waals surface area contributed by atoms with E-state index in [0.717, 1.165) is 21.3 Å². The van der Waals surface area contributed by atoms with Crippen LogP contribution >= 0.6 is 0 Å². The zero-order valence-corrected chi connectivity index (χ0v) is 15.6. The maximum Gasteiger partial charge on any atom is 0.265 e. The lowest BCUT2D eigenvalue weighted by Crippen LogP contribution is -2.26. The Hall–Kier alpha value is -3.12. The molecule has 0 unspecified atom stereocenters. The van der Waals surface area contributed by atoms with Gasteiger partial charge in [0.25, 0.3) is 5.91 Å². The van der Waals surface area contributed by atoms with E-state index >= 15 is 0 Å². The van der Waals surface area contributed by atoms with Gasteiger partial charge in [0.05, 0.1) is 4.90 Å². The highest BCUT2D eigenvalue weighted by molar-refractivity contribution is 7.89. The molecule has 12 heteroatoms.